The third kappa shape index (κ3) is 3.39. The standard InChI is InChI=1S/C19H16Cl2N2OS/c20-14-8-7-12(10-15(14)21)19(24)23-9-3-4-13(11-23)18-22-16-5-1-2-6-17(16)25-18/h1-2,5-8,10,13H,3-4,9,11H2/t13-/m1/s1. The van der Waals surface area contributed by atoms with Crippen LogP contribution in [-0.4, -0.2) is 28.9 Å². The highest BCUT2D eigenvalue weighted by Gasteiger charge is 2.27. The van der Waals surface area contributed by atoms with Gasteiger partial charge >= 0.3 is 0 Å². The van der Waals surface area contributed by atoms with Gasteiger partial charge in [-0.2, -0.15) is 0 Å². The van der Waals surface area contributed by atoms with E-state index in [9.17, 15) is 4.79 Å². The zero-order chi connectivity index (χ0) is 17.4. The Balaban J connectivity index is 1.55. The molecule has 0 saturated carbocycles. The molecule has 2 heterocycles. The van der Waals surface area contributed by atoms with Crippen LogP contribution in [0.15, 0.2) is 42.5 Å². The number of amides is 1. The minimum atomic E-state index is 0.00405. The minimum absolute atomic E-state index is 0.00405. The van der Waals surface area contributed by atoms with Crippen LogP contribution < -0.4 is 0 Å². The number of para-hydroxylation sites is 1. The van der Waals surface area contributed by atoms with Crippen molar-refractivity contribution in [3.8, 4) is 0 Å². The van der Waals surface area contributed by atoms with Gasteiger partial charge in [-0.25, -0.2) is 4.98 Å². The first-order chi connectivity index (χ1) is 12.1. The van der Waals surface area contributed by atoms with Crippen LogP contribution in [-0.2, 0) is 0 Å². The second-order valence-electron chi connectivity index (χ2n) is 6.24. The molecule has 1 saturated heterocycles. The molecule has 0 spiro atoms. The summed E-state index contributed by atoms with van der Waals surface area (Å²) in [6.07, 6.45) is 2.04. The van der Waals surface area contributed by atoms with Crippen LogP contribution in [0.5, 0.6) is 0 Å². The van der Waals surface area contributed by atoms with Crippen molar-refractivity contribution in [3.63, 3.8) is 0 Å². The minimum Gasteiger partial charge on any atom is -0.338 e. The van der Waals surface area contributed by atoms with Gasteiger partial charge in [0.15, 0.2) is 0 Å². The average Bonchev–Trinajstić information content (AvgIpc) is 3.08. The molecule has 3 nitrogen and oxygen atoms in total. The van der Waals surface area contributed by atoms with E-state index in [-0.39, 0.29) is 11.8 Å². The monoisotopic (exact) mass is 390 g/mol. The number of carbonyl (C=O) groups is 1. The van der Waals surface area contributed by atoms with E-state index in [1.807, 2.05) is 23.1 Å². The molecular weight excluding hydrogens is 375 g/mol. The lowest BCUT2D eigenvalue weighted by Crippen LogP contribution is -2.39. The summed E-state index contributed by atoms with van der Waals surface area (Å²) >= 11 is 13.7. The molecule has 1 aliphatic rings. The fourth-order valence-corrected chi connectivity index (χ4v) is 4.63. The van der Waals surface area contributed by atoms with Crippen molar-refractivity contribution in [1.82, 2.24) is 9.88 Å². The highest BCUT2D eigenvalue weighted by Crippen LogP contribution is 2.33. The van der Waals surface area contributed by atoms with Crippen molar-refractivity contribution in [3.05, 3.63) is 63.1 Å². The lowest BCUT2D eigenvalue weighted by Gasteiger charge is -2.32. The summed E-state index contributed by atoms with van der Waals surface area (Å²) in [5.74, 6) is 0.294. The lowest BCUT2D eigenvalue weighted by atomic mass is 9.98. The number of nitrogens with zero attached hydrogens (tertiary/aromatic N) is 2. The quantitative estimate of drug-likeness (QED) is 0.568. The number of halogens is 2. The molecule has 3 aromatic rings. The number of thiazole rings is 1. The molecule has 0 N–H and O–H groups in total. The van der Waals surface area contributed by atoms with Gasteiger partial charge < -0.3 is 4.90 Å². The third-order valence-corrected chi connectivity index (χ3v) is 6.47. The van der Waals surface area contributed by atoms with Gasteiger partial charge in [0.2, 0.25) is 0 Å². The predicted octanol–water partition coefficient (Wildman–Crippen LogP) is 5.62. The summed E-state index contributed by atoms with van der Waals surface area (Å²) < 4.78 is 1.20. The number of aromatic nitrogens is 1. The Morgan fingerprint density at radius 3 is 2.80 bits per heavy atom. The van der Waals surface area contributed by atoms with Gasteiger partial charge in [-0.1, -0.05) is 35.3 Å². The van der Waals surface area contributed by atoms with Crippen LogP contribution in [0.4, 0.5) is 0 Å². The summed E-state index contributed by atoms with van der Waals surface area (Å²) in [7, 11) is 0. The second kappa shape index (κ2) is 6.94. The number of rotatable bonds is 2. The van der Waals surface area contributed by atoms with Gasteiger partial charge in [0.25, 0.3) is 5.91 Å². The van der Waals surface area contributed by atoms with Crippen molar-refractivity contribution in [1.29, 1.82) is 0 Å². The Morgan fingerprint density at radius 2 is 2.00 bits per heavy atom. The first-order valence-electron chi connectivity index (χ1n) is 8.21. The summed E-state index contributed by atoms with van der Waals surface area (Å²) in [4.78, 5) is 19.5. The maximum Gasteiger partial charge on any atom is 0.253 e. The molecule has 25 heavy (non-hydrogen) atoms. The molecule has 128 valence electrons. The van der Waals surface area contributed by atoms with E-state index in [2.05, 4.69) is 6.07 Å². The van der Waals surface area contributed by atoms with E-state index in [0.29, 0.717) is 22.2 Å². The zero-order valence-corrected chi connectivity index (χ0v) is 15.7. The van der Waals surface area contributed by atoms with Gasteiger partial charge in [0, 0.05) is 24.6 Å². The first-order valence-corrected chi connectivity index (χ1v) is 9.79. The first kappa shape index (κ1) is 16.8. The zero-order valence-electron chi connectivity index (χ0n) is 13.4. The van der Waals surface area contributed by atoms with E-state index in [4.69, 9.17) is 28.2 Å². The fourth-order valence-electron chi connectivity index (χ4n) is 3.24. The Morgan fingerprint density at radius 1 is 1.16 bits per heavy atom. The topological polar surface area (TPSA) is 33.2 Å². The number of hydrogen-bond acceptors (Lipinski definition) is 3. The highest BCUT2D eigenvalue weighted by molar-refractivity contribution is 7.18. The molecule has 1 atom stereocenters. The predicted molar refractivity (Wildman–Crippen MR) is 104 cm³/mol. The summed E-state index contributed by atoms with van der Waals surface area (Å²) in [6.45, 7) is 1.46. The summed E-state index contributed by atoms with van der Waals surface area (Å²) in [5, 5.41) is 1.99. The van der Waals surface area contributed by atoms with E-state index in [1.54, 1.807) is 29.5 Å². The van der Waals surface area contributed by atoms with Gasteiger partial charge in [0.1, 0.15) is 0 Å². The van der Waals surface area contributed by atoms with E-state index in [1.165, 1.54) is 4.70 Å². The molecule has 0 radical (unpaired) electrons. The molecule has 0 unspecified atom stereocenters. The molecule has 1 amide bonds. The number of likely N-dealkylation sites (tertiary alicyclic amines) is 1. The Labute approximate surface area is 160 Å². The SMILES string of the molecule is O=C(c1ccc(Cl)c(Cl)c1)N1CCC[C@@H](c2nc3ccccc3s2)C1. The van der Waals surface area contributed by atoms with Crippen LogP contribution in [0.2, 0.25) is 10.0 Å². The highest BCUT2D eigenvalue weighted by atomic mass is 35.5. The molecular formula is C19H16Cl2N2OS. The van der Waals surface area contributed by atoms with Gasteiger partial charge in [0.05, 0.1) is 25.3 Å². The van der Waals surface area contributed by atoms with E-state index >= 15 is 0 Å². The van der Waals surface area contributed by atoms with Crippen molar-refractivity contribution in [2.45, 2.75) is 18.8 Å². The lowest BCUT2D eigenvalue weighted by molar-refractivity contribution is 0.0707. The fraction of sp³-hybridized carbons (Fsp3) is 0.263. The largest absolute Gasteiger partial charge is 0.338 e. The summed E-state index contributed by atoms with van der Waals surface area (Å²) in [5.41, 5.74) is 1.62. The molecule has 0 aliphatic carbocycles. The number of benzene rings is 2. The van der Waals surface area contributed by atoms with E-state index in [0.717, 1.165) is 29.9 Å². The molecule has 1 aromatic heterocycles. The normalized spacial score (nSPS) is 17.8. The Hall–Kier alpha value is -1.62. The molecule has 4 rings (SSSR count). The number of fused-ring (bicyclic) bond motifs is 1. The van der Waals surface area contributed by atoms with Crippen molar-refractivity contribution < 1.29 is 4.79 Å². The Kier molecular flexibility index (Phi) is 4.67. The number of piperidine rings is 1. The second-order valence-corrected chi connectivity index (χ2v) is 8.12. The molecule has 0 bridgehead atoms. The summed E-state index contributed by atoms with van der Waals surface area (Å²) in [6, 6.07) is 13.2. The molecule has 6 heteroatoms. The molecule has 1 aliphatic heterocycles. The Bertz CT molecular complexity index is 907. The van der Waals surface area contributed by atoms with Crippen LogP contribution in [0.25, 0.3) is 10.2 Å². The maximum absolute atomic E-state index is 12.8. The molecule has 1 fully saturated rings. The number of carbonyl (C=O) groups excluding carboxylic acids is 1. The maximum atomic E-state index is 12.8. The smallest absolute Gasteiger partial charge is 0.253 e. The number of hydrogen-bond donors (Lipinski definition) is 0. The van der Waals surface area contributed by atoms with Crippen LogP contribution in [0.1, 0.15) is 34.1 Å². The molecule has 2 aromatic carbocycles. The van der Waals surface area contributed by atoms with Crippen molar-refractivity contribution in [2.24, 2.45) is 0 Å². The van der Waals surface area contributed by atoms with Gasteiger partial charge in [-0.15, -0.1) is 11.3 Å². The average molecular weight is 391 g/mol. The van der Waals surface area contributed by atoms with Gasteiger partial charge in [-0.05, 0) is 43.2 Å². The van der Waals surface area contributed by atoms with Crippen molar-refractivity contribution in [2.75, 3.05) is 13.1 Å². The van der Waals surface area contributed by atoms with Gasteiger partial charge in [-0.3, -0.25) is 4.79 Å². The van der Waals surface area contributed by atoms with Crippen molar-refractivity contribution >= 4 is 50.7 Å². The van der Waals surface area contributed by atoms with Crippen LogP contribution in [0, 0.1) is 0 Å². The van der Waals surface area contributed by atoms with E-state index < -0.39 is 0 Å². The van der Waals surface area contributed by atoms with Crippen LogP contribution >= 0.6 is 34.5 Å². The van der Waals surface area contributed by atoms with Crippen LogP contribution in [0.3, 0.4) is 0 Å². The third-order valence-electron chi connectivity index (χ3n) is 4.53.